The van der Waals surface area contributed by atoms with Gasteiger partial charge in [-0.05, 0) is 40.0 Å². The average Bonchev–Trinajstić information content (AvgIpc) is 2.74. The van der Waals surface area contributed by atoms with Crippen LogP contribution in [0, 0.1) is 6.92 Å². The van der Waals surface area contributed by atoms with Gasteiger partial charge in [-0.3, -0.25) is 4.98 Å². The number of nitrogens with one attached hydrogen (secondary N) is 1. The molecule has 0 fully saturated rings. The van der Waals surface area contributed by atoms with E-state index in [0.717, 1.165) is 27.0 Å². The van der Waals surface area contributed by atoms with Gasteiger partial charge in [-0.2, -0.15) is 5.10 Å². The number of rotatable bonds is 3. The van der Waals surface area contributed by atoms with Crippen LogP contribution in [0.5, 0.6) is 0 Å². The Labute approximate surface area is 124 Å². The molecule has 0 bridgehead atoms. The second kappa shape index (κ2) is 5.16. The van der Waals surface area contributed by atoms with Crippen LogP contribution in [0.1, 0.15) is 11.1 Å². The summed E-state index contributed by atoms with van der Waals surface area (Å²) in [6, 6.07) is 2.00. The molecule has 3 rings (SSSR count). The fourth-order valence-corrected chi connectivity index (χ4v) is 2.66. The van der Waals surface area contributed by atoms with Crippen molar-refractivity contribution in [2.75, 3.05) is 5.32 Å². The summed E-state index contributed by atoms with van der Waals surface area (Å²) >= 11 is 3.45. The number of hydrogen-bond acceptors (Lipinski definition) is 5. The third-order valence-electron chi connectivity index (χ3n) is 3.16. The van der Waals surface area contributed by atoms with E-state index in [9.17, 15) is 0 Å². The first-order chi connectivity index (χ1) is 9.66. The Bertz CT molecular complexity index is 767. The van der Waals surface area contributed by atoms with Crippen molar-refractivity contribution >= 4 is 32.8 Å². The summed E-state index contributed by atoms with van der Waals surface area (Å²) in [5.41, 5.74) is 3.13. The van der Waals surface area contributed by atoms with E-state index in [1.54, 1.807) is 10.9 Å². The molecule has 0 radical (unpaired) electrons. The van der Waals surface area contributed by atoms with Crippen LogP contribution in [0.4, 0.5) is 5.82 Å². The zero-order valence-corrected chi connectivity index (χ0v) is 12.7. The summed E-state index contributed by atoms with van der Waals surface area (Å²) in [7, 11) is 1.86. The van der Waals surface area contributed by atoms with Crippen LogP contribution in [-0.2, 0) is 13.6 Å². The van der Waals surface area contributed by atoms with Crippen molar-refractivity contribution in [2.24, 2.45) is 7.05 Å². The van der Waals surface area contributed by atoms with E-state index in [0.29, 0.717) is 6.54 Å². The molecule has 0 aliphatic carbocycles. The predicted molar refractivity (Wildman–Crippen MR) is 80.3 cm³/mol. The zero-order valence-electron chi connectivity index (χ0n) is 11.1. The molecule has 0 aliphatic rings. The van der Waals surface area contributed by atoms with Gasteiger partial charge in [0, 0.05) is 26.0 Å². The van der Waals surface area contributed by atoms with E-state index < -0.39 is 0 Å². The molecule has 7 heteroatoms. The summed E-state index contributed by atoms with van der Waals surface area (Å²) in [5, 5.41) is 8.53. The highest BCUT2D eigenvalue weighted by molar-refractivity contribution is 9.10. The minimum absolute atomic E-state index is 0.682. The molecule has 102 valence electrons. The number of hydrogen-bond donors (Lipinski definition) is 1. The molecular formula is C13H13BrN6. The van der Waals surface area contributed by atoms with Crippen LogP contribution in [0.2, 0.25) is 0 Å². The average molecular weight is 333 g/mol. The maximum atomic E-state index is 4.30. The highest BCUT2D eigenvalue weighted by Gasteiger charge is 2.13. The van der Waals surface area contributed by atoms with Gasteiger partial charge < -0.3 is 5.32 Å². The Morgan fingerprint density at radius 1 is 1.35 bits per heavy atom. The summed E-state index contributed by atoms with van der Waals surface area (Å²) in [6.07, 6.45) is 5.18. The third kappa shape index (κ3) is 2.24. The molecule has 0 unspecified atom stereocenters. The Hall–Kier alpha value is -2.02. The molecule has 0 saturated heterocycles. The van der Waals surface area contributed by atoms with Gasteiger partial charge in [-0.15, -0.1) is 0 Å². The van der Waals surface area contributed by atoms with Crippen LogP contribution in [0.15, 0.2) is 29.4 Å². The van der Waals surface area contributed by atoms with Gasteiger partial charge in [0.25, 0.3) is 0 Å². The maximum absolute atomic E-state index is 4.30. The molecule has 0 amide bonds. The van der Waals surface area contributed by atoms with Crippen LogP contribution in [-0.4, -0.2) is 24.7 Å². The first-order valence-corrected chi connectivity index (χ1v) is 6.92. The molecule has 6 nitrogen and oxygen atoms in total. The number of pyridine rings is 1. The van der Waals surface area contributed by atoms with E-state index in [1.807, 2.05) is 26.2 Å². The van der Waals surface area contributed by atoms with Crippen LogP contribution in [0.25, 0.3) is 11.0 Å². The monoisotopic (exact) mass is 332 g/mol. The van der Waals surface area contributed by atoms with Gasteiger partial charge in [0.1, 0.15) is 16.7 Å². The van der Waals surface area contributed by atoms with Gasteiger partial charge in [-0.1, -0.05) is 0 Å². The van der Waals surface area contributed by atoms with Crippen molar-refractivity contribution in [3.8, 4) is 0 Å². The number of fused-ring (bicyclic) bond motifs is 1. The van der Waals surface area contributed by atoms with E-state index in [1.165, 1.54) is 11.9 Å². The number of aryl methyl sites for hydroxylation is 2. The van der Waals surface area contributed by atoms with E-state index in [2.05, 4.69) is 41.3 Å². The number of halogens is 1. The minimum Gasteiger partial charge on any atom is -0.365 e. The van der Waals surface area contributed by atoms with Crippen molar-refractivity contribution in [2.45, 2.75) is 13.5 Å². The lowest BCUT2D eigenvalue weighted by atomic mass is 10.1. The van der Waals surface area contributed by atoms with Gasteiger partial charge in [0.05, 0.1) is 5.39 Å². The smallest absolute Gasteiger partial charge is 0.164 e. The Balaban J connectivity index is 1.94. The highest BCUT2D eigenvalue weighted by Crippen LogP contribution is 2.27. The maximum Gasteiger partial charge on any atom is 0.164 e. The highest BCUT2D eigenvalue weighted by atomic mass is 79.9. The lowest BCUT2D eigenvalue weighted by Crippen LogP contribution is -2.04. The van der Waals surface area contributed by atoms with Crippen LogP contribution < -0.4 is 5.32 Å². The molecule has 0 atom stereocenters. The van der Waals surface area contributed by atoms with Crippen molar-refractivity contribution in [1.29, 1.82) is 0 Å². The molecule has 3 aromatic rings. The number of nitrogens with zero attached hydrogens (tertiary/aromatic N) is 5. The standard InChI is InChI=1S/C13H13BrN6/c1-8-5-15-4-3-9(8)6-16-12-10-11(14)19-20(2)13(10)18-7-17-12/h3-5,7H,6H2,1-2H3,(H,16,17,18). The topological polar surface area (TPSA) is 68.5 Å². The number of anilines is 1. The molecule has 1 N–H and O–H groups in total. The normalized spacial score (nSPS) is 10.9. The minimum atomic E-state index is 0.682. The molecule has 0 aliphatic heterocycles. The SMILES string of the molecule is Cc1cnccc1CNc1ncnc2c1c(Br)nn2C. The first-order valence-electron chi connectivity index (χ1n) is 6.13. The van der Waals surface area contributed by atoms with Crippen LogP contribution >= 0.6 is 15.9 Å². The Morgan fingerprint density at radius 2 is 2.20 bits per heavy atom. The van der Waals surface area contributed by atoms with Crippen LogP contribution in [0.3, 0.4) is 0 Å². The molecule has 0 saturated carbocycles. The lowest BCUT2D eigenvalue weighted by molar-refractivity contribution is 0.777. The molecule has 0 aromatic carbocycles. The molecule has 3 heterocycles. The second-order valence-electron chi connectivity index (χ2n) is 4.49. The molecular weight excluding hydrogens is 320 g/mol. The van der Waals surface area contributed by atoms with Gasteiger partial charge in [0.2, 0.25) is 0 Å². The fraction of sp³-hybridized carbons (Fsp3) is 0.231. The Kier molecular flexibility index (Phi) is 3.35. The van der Waals surface area contributed by atoms with E-state index in [-0.39, 0.29) is 0 Å². The van der Waals surface area contributed by atoms with Crippen molar-refractivity contribution in [3.05, 3.63) is 40.5 Å². The largest absolute Gasteiger partial charge is 0.365 e. The molecule has 0 spiro atoms. The zero-order chi connectivity index (χ0) is 14.1. The molecule has 20 heavy (non-hydrogen) atoms. The summed E-state index contributed by atoms with van der Waals surface area (Å²) in [6.45, 7) is 2.72. The number of aromatic nitrogens is 5. The van der Waals surface area contributed by atoms with Crippen molar-refractivity contribution in [3.63, 3.8) is 0 Å². The summed E-state index contributed by atoms with van der Waals surface area (Å²) < 4.78 is 2.47. The van der Waals surface area contributed by atoms with Gasteiger partial charge in [-0.25, -0.2) is 14.6 Å². The molecule has 3 aromatic heterocycles. The lowest BCUT2D eigenvalue weighted by Gasteiger charge is -2.08. The second-order valence-corrected chi connectivity index (χ2v) is 5.24. The Morgan fingerprint density at radius 3 is 3.00 bits per heavy atom. The van der Waals surface area contributed by atoms with Crippen molar-refractivity contribution in [1.82, 2.24) is 24.7 Å². The fourth-order valence-electron chi connectivity index (χ4n) is 2.05. The van der Waals surface area contributed by atoms with E-state index in [4.69, 9.17) is 0 Å². The predicted octanol–water partition coefficient (Wildman–Crippen LogP) is 2.44. The van der Waals surface area contributed by atoms with E-state index >= 15 is 0 Å². The summed E-state index contributed by atoms with van der Waals surface area (Å²) in [5.74, 6) is 0.770. The summed E-state index contributed by atoms with van der Waals surface area (Å²) in [4.78, 5) is 12.6. The van der Waals surface area contributed by atoms with Gasteiger partial charge in [0.15, 0.2) is 5.65 Å². The third-order valence-corrected chi connectivity index (χ3v) is 3.72. The van der Waals surface area contributed by atoms with Crippen molar-refractivity contribution < 1.29 is 0 Å². The van der Waals surface area contributed by atoms with Gasteiger partial charge >= 0.3 is 0 Å². The quantitative estimate of drug-likeness (QED) is 0.797. The first kappa shape index (κ1) is 13.0.